The topological polar surface area (TPSA) is 162 Å². The zero-order valence-electron chi connectivity index (χ0n) is 40.0. The second-order valence-corrected chi connectivity index (χ2v) is 20.9. The number of alkyl carbamates (subject to hydrolysis) is 2. The van der Waals surface area contributed by atoms with E-state index in [-0.39, 0.29) is 6.61 Å². The van der Waals surface area contributed by atoms with Crippen molar-refractivity contribution in [1.29, 1.82) is 0 Å². The summed E-state index contributed by atoms with van der Waals surface area (Å²) >= 11 is 3.62. The van der Waals surface area contributed by atoms with E-state index < -0.39 is 55.2 Å². The van der Waals surface area contributed by atoms with Gasteiger partial charge in [-0.3, -0.25) is 4.52 Å². The number of phosphoric ester groups is 1. The summed E-state index contributed by atoms with van der Waals surface area (Å²) in [7, 11) is -4.79. The first-order valence-corrected chi connectivity index (χ1v) is 28.6. The maximum Gasteiger partial charge on any atom is 0.469 e. The summed E-state index contributed by atoms with van der Waals surface area (Å²) in [4.78, 5) is 44.6. The van der Waals surface area contributed by atoms with E-state index in [1.54, 1.807) is 0 Å². The van der Waals surface area contributed by atoms with Gasteiger partial charge in [0.1, 0.15) is 24.4 Å². The van der Waals surface area contributed by atoms with Crippen molar-refractivity contribution in [3.63, 3.8) is 0 Å². The van der Waals surface area contributed by atoms with Crippen molar-refractivity contribution in [3.8, 4) is 0 Å². The first-order chi connectivity index (χ1) is 30.7. The number of carbonyl (C=O) groups is 2. The van der Waals surface area contributed by atoms with Crippen LogP contribution in [0.2, 0.25) is 0 Å². The van der Waals surface area contributed by atoms with Gasteiger partial charge in [-0.25, -0.2) is 14.2 Å². The van der Waals surface area contributed by atoms with Gasteiger partial charge >= 0.3 is 20.0 Å². The number of rotatable bonds is 40. The first kappa shape index (κ1) is 58.2. The summed E-state index contributed by atoms with van der Waals surface area (Å²) in [5, 5.41) is 5.83. The Labute approximate surface area is 392 Å². The molecule has 5 atom stereocenters. The fraction of sp³-hybridized carbons (Fsp3) is 0.959. The molecular formula is C49H94BrN2O10P. The summed E-state index contributed by atoms with van der Waals surface area (Å²) in [5.74, 6) is -0.626. The van der Waals surface area contributed by atoms with Crippen LogP contribution < -0.4 is 10.6 Å². The molecule has 2 fully saturated rings. The number of ether oxygens (including phenoxy) is 4. The van der Waals surface area contributed by atoms with Crippen LogP contribution in [0.15, 0.2) is 0 Å². The smallest absolute Gasteiger partial charge is 0.443 e. The number of carbonyl (C=O) groups excluding carboxylic acids is 2. The van der Waals surface area contributed by atoms with Gasteiger partial charge < -0.3 is 39.4 Å². The normalized spacial score (nSPS) is 20.3. The number of phosphoric acid groups is 1. The van der Waals surface area contributed by atoms with Gasteiger partial charge in [-0.05, 0) is 38.5 Å². The largest absolute Gasteiger partial charge is 0.469 e. The highest BCUT2D eigenvalue weighted by molar-refractivity contribution is 9.09. The third kappa shape index (κ3) is 30.9. The standard InChI is InChI=1S/C49H94BrN2O10P/c1-3-5-7-9-11-13-15-17-19-21-23-25-27-29-31-37-51-48(53)61-43-35-33-39-58-46(43)45(42(50)41-60-63(55,56)57)47-44(36-34-40-59-47)62-49(54)52-38-32-30-28-26-24-22-20-18-16-14-12-10-8-6-4-2/h42-47H,3-41H2,1-2H3,(H,51,53)(H,52,54)(H2,55,56,57). The summed E-state index contributed by atoms with van der Waals surface area (Å²) in [6, 6.07) is 0. The highest BCUT2D eigenvalue weighted by Gasteiger charge is 2.48. The number of unbranched alkanes of at least 4 members (excludes halogenated alkanes) is 28. The second kappa shape index (κ2) is 39.1. The molecule has 2 heterocycles. The highest BCUT2D eigenvalue weighted by Crippen LogP contribution is 2.41. The lowest BCUT2D eigenvalue weighted by molar-refractivity contribution is -0.169. The van der Waals surface area contributed by atoms with Gasteiger partial charge in [-0.15, -0.1) is 0 Å². The molecule has 2 saturated heterocycles. The Kier molecular flexibility index (Phi) is 36.1. The molecule has 0 aromatic carbocycles. The fourth-order valence-corrected chi connectivity index (χ4v) is 10.4. The SMILES string of the molecule is CCCCCCCCCCCCCCCCCNC(=O)OC1CCCOC1C(C(Br)COP(=O)(O)O)C1OCCCC1OC(=O)NCCCCCCCCCCCCCCCCC. The van der Waals surface area contributed by atoms with E-state index >= 15 is 0 Å². The third-order valence-corrected chi connectivity index (χ3v) is 14.2. The minimum atomic E-state index is -4.79. The van der Waals surface area contributed by atoms with E-state index in [2.05, 4.69) is 40.4 Å². The lowest BCUT2D eigenvalue weighted by atomic mass is 9.82. The van der Waals surface area contributed by atoms with Crippen LogP contribution in [-0.4, -0.2) is 84.1 Å². The monoisotopic (exact) mass is 981 g/mol. The number of alkyl halides is 1. The van der Waals surface area contributed by atoms with Crippen molar-refractivity contribution >= 4 is 35.9 Å². The molecule has 0 spiro atoms. The molecule has 0 aromatic rings. The molecule has 2 aliphatic heterocycles. The Morgan fingerprint density at radius 1 is 0.556 bits per heavy atom. The van der Waals surface area contributed by atoms with Gasteiger partial charge in [0.25, 0.3) is 0 Å². The van der Waals surface area contributed by atoms with Crippen molar-refractivity contribution in [1.82, 2.24) is 10.6 Å². The van der Waals surface area contributed by atoms with Crippen LogP contribution in [-0.2, 0) is 28.0 Å². The number of halogens is 1. The number of amides is 2. The molecule has 4 N–H and O–H groups in total. The molecule has 12 nitrogen and oxygen atoms in total. The molecule has 14 heteroatoms. The van der Waals surface area contributed by atoms with Crippen molar-refractivity contribution in [2.45, 2.75) is 261 Å². The van der Waals surface area contributed by atoms with Crippen LogP contribution in [0.4, 0.5) is 9.59 Å². The number of hydrogen-bond acceptors (Lipinski definition) is 8. The molecule has 63 heavy (non-hydrogen) atoms. The number of nitrogens with one attached hydrogen (secondary N) is 2. The van der Waals surface area contributed by atoms with Crippen molar-refractivity contribution in [3.05, 3.63) is 0 Å². The minimum absolute atomic E-state index is 0.356. The van der Waals surface area contributed by atoms with Crippen LogP contribution >= 0.6 is 23.8 Å². The van der Waals surface area contributed by atoms with Gasteiger partial charge in [-0.1, -0.05) is 210 Å². The summed E-state index contributed by atoms with van der Waals surface area (Å²) in [6.07, 6.45) is 37.0. The van der Waals surface area contributed by atoms with E-state index in [9.17, 15) is 23.9 Å². The predicted octanol–water partition coefficient (Wildman–Crippen LogP) is 13.8. The van der Waals surface area contributed by atoms with Gasteiger partial charge in [0, 0.05) is 37.0 Å². The Morgan fingerprint density at radius 2 is 0.857 bits per heavy atom. The Morgan fingerprint density at radius 3 is 1.16 bits per heavy atom. The van der Waals surface area contributed by atoms with Crippen LogP contribution in [0, 0.1) is 5.92 Å². The van der Waals surface area contributed by atoms with E-state index in [4.69, 9.17) is 23.5 Å². The zero-order valence-corrected chi connectivity index (χ0v) is 42.5. The molecule has 2 amide bonds. The highest BCUT2D eigenvalue weighted by atomic mass is 79.9. The molecule has 0 aromatic heterocycles. The fourth-order valence-electron chi connectivity index (χ4n) is 9.13. The zero-order chi connectivity index (χ0) is 45.6. The summed E-state index contributed by atoms with van der Waals surface area (Å²) in [5.41, 5.74) is 0. The average molecular weight is 982 g/mol. The summed E-state index contributed by atoms with van der Waals surface area (Å²) < 4.78 is 41.2. The minimum Gasteiger partial charge on any atom is -0.443 e. The van der Waals surface area contributed by atoms with Crippen LogP contribution in [0.1, 0.15) is 232 Å². The van der Waals surface area contributed by atoms with Crippen LogP contribution in [0.5, 0.6) is 0 Å². The van der Waals surface area contributed by atoms with E-state index in [0.29, 0.717) is 52.0 Å². The quantitative estimate of drug-likeness (QED) is 0.0264. The van der Waals surface area contributed by atoms with E-state index in [0.717, 1.165) is 38.5 Å². The lowest BCUT2D eigenvalue weighted by Gasteiger charge is -2.44. The average Bonchev–Trinajstić information content (AvgIpc) is 3.26. The van der Waals surface area contributed by atoms with Gasteiger partial charge in [0.2, 0.25) is 0 Å². The Hall–Kier alpha value is -0.950. The molecule has 0 radical (unpaired) electrons. The third-order valence-electron chi connectivity index (χ3n) is 12.8. The maximum atomic E-state index is 13.1. The lowest BCUT2D eigenvalue weighted by Crippen LogP contribution is -2.56. The van der Waals surface area contributed by atoms with Gasteiger partial charge in [0.15, 0.2) is 0 Å². The molecular weight excluding hydrogens is 887 g/mol. The van der Waals surface area contributed by atoms with Gasteiger partial charge in [-0.2, -0.15) is 0 Å². The van der Waals surface area contributed by atoms with E-state index in [1.807, 2.05) is 0 Å². The van der Waals surface area contributed by atoms with Gasteiger partial charge in [0.05, 0.1) is 6.61 Å². The van der Waals surface area contributed by atoms with Crippen LogP contribution in [0.3, 0.4) is 0 Å². The Bertz CT molecular complexity index is 1080. The molecule has 372 valence electrons. The predicted molar refractivity (Wildman–Crippen MR) is 259 cm³/mol. The van der Waals surface area contributed by atoms with Crippen molar-refractivity contribution in [2.75, 3.05) is 32.9 Å². The molecule has 5 unspecified atom stereocenters. The molecule has 2 rings (SSSR count). The van der Waals surface area contributed by atoms with Crippen LogP contribution in [0.25, 0.3) is 0 Å². The Balaban J connectivity index is 1.76. The molecule has 0 aliphatic carbocycles. The second-order valence-electron chi connectivity index (χ2n) is 18.5. The van der Waals surface area contributed by atoms with Crippen molar-refractivity contribution in [2.24, 2.45) is 5.92 Å². The molecule has 0 saturated carbocycles. The van der Waals surface area contributed by atoms with E-state index in [1.165, 1.54) is 154 Å². The number of hydrogen-bond donors (Lipinski definition) is 4. The molecule has 0 bridgehead atoms. The van der Waals surface area contributed by atoms with Crippen molar-refractivity contribution < 1.29 is 47.4 Å². The summed E-state index contributed by atoms with van der Waals surface area (Å²) in [6.45, 7) is 6.04. The maximum absolute atomic E-state index is 13.1. The first-order valence-electron chi connectivity index (χ1n) is 26.1. The molecule has 2 aliphatic rings.